The summed E-state index contributed by atoms with van der Waals surface area (Å²) in [5, 5.41) is 0. The molecule has 1 aromatic carbocycles. The van der Waals surface area contributed by atoms with E-state index in [1.54, 1.807) is 29.2 Å². The largest absolute Gasteiger partial charge is 0.415 e. The van der Waals surface area contributed by atoms with Gasteiger partial charge in [0, 0.05) is 13.1 Å². The number of amides is 3. The number of likely N-dealkylation sites (tertiary alicyclic amines) is 1. The van der Waals surface area contributed by atoms with Crippen LogP contribution in [0.25, 0.3) is 0 Å². The third kappa shape index (κ3) is 3.08. The van der Waals surface area contributed by atoms with Crippen molar-refractivity contribution in [2.45, 2.75) is 44.9 Å². The van der Waals surface area contributed by atoms with Crippen LogP contribution in [0.4, 0.5) is 10.5 Å². The molecule has 3 amide bonds. The fourth-order valence-corrected chi connectivity index (χ4v) is 4.32. The normalized spacial score (nSPS) is 26.0. The first kappa shape index (κ1) is 17.1. The lowest BCUT2D eigenvalue weighted by molar-refractivity contribution is -0.122. The number of carbonyl (C=O) groups excluding carboxylic acids is 3. The van der Waals surface area contributed by atoms with E-state index in [2.05, 4.69) is 0 Å². The topological polar surface area (TPSA) is 66.9 Å². The summed E-state index contributed by atoms with van der Waals surface area (Å²) in [4.78, 5) is 40.5. The van der Waals surface area contributed by atoms with Crippen LogP contribution in [-0.4, -0.2) is 35.9 Å². The Morgan fingerprint density at radius 1 is 0.846 bits per heavy atom. The molecular formula is C20H24N2O4. The van der Waals surface area contributed by atoms with Gasteiger partial charge in [0.05, 0.1) is 17.5 Å². The highest BCUT2D eigenvalue weighted by Crippen LogP contribution is 2.40. The quantitative estimate of drug-likeness (QED) is 0.762. The Labute approximate surface area is 153 Å². The first-order valence-electron chi connectivity index (χ1n) is 9.60. The Kier molecular flexibility index (Phi) is 4.66. The number of ether oxygens (including phenoxy) is 1. The van der Waals surface area contributed by atoms with Gasteiger partial charge in [-0.3, -0.25) is 14.5 Å². The Hall–Kier alpha value is -2.37. The molecule has 0 N–H and O–H groups in total. The summed E-state index contributed by atoms with van der Waals surface area (Å²) in [6.07, 6.45) is 6.47. The maximum Gasteiger partial charge on any atom is 0.415 e. The predicted molar refractivity (Wildman–Crippen MR) is 95.8 cm³/mol. The van der Waals surface area contributed by atoms with Crippen molar-refractivity contribution in [1.82, 2.24) is 4.90 Å². The predicted octanol–water partition coefficient (Wildman–Crippen LogP) is 3.35. The van der Waals surface area contributed by atoms with Gasteiger partial charge in [-0.1, -0.05) is 12.8 Å². The molecule has 2 aliphatic heterocycles. The molecule has 1 aliphatic carbocycles. The van der Waals surface area contributed by atoms with E-state index in [1.807, 2.05) is 0 Å². The number of hydrogen-bond acceptors (Lipinski definition) is 4. The van der Waals surface area contributed by atoms with E-state index in [1.165, 1.54) is 4.90 Å². The van der Waals surface area contributed by atoms with Crippen LogP contribution in [0, 0.1) is 11.8 Å². The average molecular weight is 356 g/mol. The zero-order chi connectivity index (χ0) is 18.1. The van der Waals surface area contributed by atoms with E-state index < -0.39 is 0 Å². The SMILES string of the molecule is O=C(Oc1ccc(N2C(=O)[C@H]3CCCC[C@H]3C2=O)cc1)N1CCCCC1. The Balaban J connectivity index is 1.45. The summed E-state index contributed by atoms with van der Waals surface area (Å²) in [5.41, 5.74) is 0.562. The van der Waals surface area contributed by atoms with Gasteiger partial charge >= 0.3 is 6.09 Å². The molecule has 138 valence electrons. The fraction of sp³-hybridized carbons (Fsp3) is 0.550. The number of imide groups is 1. The van der Waals surface area contributed by atoms with Crippen molar-refractivity contribution in [3.8, 4) is 5.75 Å². The minimum Gasteiger partial charge on any atom is -0.410 e. The molecule has 3 fully saturated rings. The van der Waals surface area contributed by atoms with Crippen molar-refractivity contribution < 1.29 is 19.1 Å². The summed E-state index contributed by atoms with van der Waals surface area (Å²) in [6, 6.07) is 6.68. The second-order valence-corrected chi connectivity index (χ2v) is 7.42. The van der Waals surface area contributed by atoms with Gasteiger partial charge in [0.15, 0.2) is 0 Å². The number of fused-ring (bicyclic) bond motifs is 1. The molecule has 3 aliphatic rings. The molecular weight excluding hydrogens is 332 g/mol. The van der Waals surface area contributed by atoms with Crippen LogP contribution in [0.5, 0.6) is 5.75 Å². The van der Waals surface area contributed by atoms with Gasteiger partial charge in [0.1, 0.15) is 5.75 Å². The summed E-state index contributed by atoms with van der Waals surface area (Å²) in [7, 11) is 0. The zero-order valence-corrected chi connectivity index (χ0v) is 14.9. The highest BCUT2D eigenvalue weighted by Gasteiger charge is 2.48. The first-order valence-corrected chi connectivity index (χ1v) is 9.60. The molecule has 2 heterocycles. The van der Waals surface area contributed by atoms with E-state index >= 15 is 0 Å². The highest BCUT2D eigenvalue weighted by atomic mass is 16.6. The summed E-state index contributed by atoms with van der Waals surface area (Å²) >= 11 is 0. The molecule has 2 saturated heterocycles. The Bertz CT molecular complexity index is 685. The number of rotatable bonds is 2. The van der Waals surface area contributed by atoms with Gasteiger partial charge in [-0.05, 0) is 56.4 Å². The molecule has 6 nitrogen and oxygen atoms in total. The first-order chi connectivity index (χ1) is 12.6. The summed E-state index contributed by atoms with van der Waals surface area (Å²) in [6.45, 7) is 1.47. The van der Waals surface area contributed by atoms with Crippen LogP contribution in [0.2, 0.25) is 0 Å². The van der Waals surface area contributed by atoms with Crippen molar-refractivity contribution in [3.05, 3.63) is 24.3 Å². The monoisotopic (exact) mass is 356 g/mol. The van der Waals surface area contributed by atoms with Gasteiger partial charge in [-0.2, -0.15) is 0 Å². The lowest BCUT2D eigenvalue weighted by atomic mass is 9.81. The number of benzene rings is 1. The molecule has 0 unspecified atom stereocenters. The highest BCUT2D eigenvalue weighted by molar-refractivity contribution is 6.22. The van der Waals surface area contributed by atoms with Crippen molar-refractivity contribution in [2.24, 2.45) is 11.8 Å². The molecule has 6 heteroatoms. The molecule has 26 heavy (non-hydrogen) atoms. The Morgan fingerprint density at radius 2 is 1.42 bits per heavy atom. The molecule has 1 saturated carbocycles. The van der Waals surface area contributed by atoms with Crippen LogP contribution in [0.1, 0.15) is 44.9 Å². The van der Waals surface area contributed by atoms with Gasteiger partial charge in [0.25, 0.3) is 0 Å². The van der Waals surface area contributed by atoms with Crippen molar-refractivity contribution in [2.75, 3.05) is 18.0 Å². The number of carbonyl (C=O) groups is 3. The van der Waals surface area contributed by atoms with E-state index in [0.29, 0.717) is 11.4 Å². The molecule has 0 aromatic heterocycles. The third-order valence-electron chi connectivity index (χ3n) is 5.76. The number of hydrogen-bond donors (Lipinski definition) is 0. The van der Waals surface area contributed by atoms with Gasteiger partial charge in [-0.25, -0.2) is 4.79 Å². The fourth-order valence-electron chi connectivity index (χ4n) is 4.32. The van der Waals surface area contributed by atoms with Crippen molar-refractivity contribution >= 4 is 23.6 Å². The lowest BCUT2D eigenvalue weighted by Gasteiger charge is -2.25. The minimum atomic E-state index is -0.336. The van der Waals surface area contributed by atoms with Gasteiger partial charge in [0.2, 0.25) is 11.8 Å². The minimum absolute atomic E-state index is 0.0854. The number of piperidine rings is 1. The van der Waals surface area contributed by atoms with Gasteiger partial charge in [-0.15, -0.1) is 0 Å². The van der Waals surface area contributed by atoms with Crippen LogP contribution in [0.3, 0.4) is 0 Å². The molecule has 0 radical (unpaired) electrons. The average Bonchev–Trinajstić information content (AvgIpc) is 2.94. The molecule has 4 rings (SSSR count). The maximum absolute atomic E-state index is 12.6. The van der Waals surface area contributed by atoms with E-state index in [9.17, 15) is 14.4 Å². The number of nitrogens with zero attached hydrogens (tertiary/aromatic N) is 2. The Morgan fingerprint density at radius 3 is 2.00 bits per heavy atom. The van der Waals surface area contributed by atoms with E-state index in [0.717, 1.165) is 58.0 Å². The second-order valence-electron chi connectivity index (χ2n) is 7.42. The second kappa shape index (κ2) is 7.09. The van der Waals surface area contributed by atoms with Crippen LogP contribution in [-0.2, 0) is 9.59 Å². The smallest absolute Gasteiger partial charge is 0.410 e. The standard InChI is InChI=1S/C20H24N2O4/c23-18-16-6-2-3-7-17(16)19(24)22(18)14-8-10-15(11-9-14)26-20(25)21-12-4-1-5-13-21/h8-11,16-17H,1-7,12-13H2/t16-,17+. The van der Waals surface area contributed by atoms with Crippen LogP contribution < -0.4 is 9.64 Å². The van der Waals surface area contributed by atoms with Crippen molar-refractivity contribution in [3.63, 3.8) is 0 Å². The van der Waals surface area contributed by atoms with Crippen LogP contribution in [0.15, 0.2) is 24.3 Å². The van der Waals surface area contributed by atoms with E-state index in [-0.39, 0.29) is 29.7 Å². The molecule has 0 bridgehead atoms. The summed E-state index contributed by atoms with van der Waals surface area (Å²) in [5.74, 6) is -0.0583. The van der Waals surface area contributed by atoms with Gasteiger partial charge < -0.3 is 9.64 Å². The molecule has 1 aromatic rings. The zero-order valence-electron chi connectivity index (χ0n) is 14.9. The number of anilines is 1. The maximum atomic E-state index is 12.6. The lowest BCUT2D eigenvalue weighted by Crippen LogP contribution is -2.37. The summed E-state index contributed by atoms with van der Waals surface area (Å²) < 4.78 is 5.42. The van der Waals surface area contributed by atoms with Crippen LogP contribution >= 0.6 is 0 Å². The third-order valence-corrected chi connectivity index (χ3v) is 5.76. The molecule has 2 atom stereocenters. The van der Waals surface area contributed by atoms with Crippen molar-refractivity contribution in [1.29, 1.82) is 0 Å². The van der Waals surface area contributed by atoms with E-state index in [4.69, 9.17) is 4.74 Å². The molecule has 0 spiro atoms.